The van der Waals surface area contributed by atoms with Crippen molar-refractivity contribution in [3.05, 3.63) is 0 Å². The molecule has 0 N–H and O–H groups in total. The first-order valence-electron chi connectivity index (χ1n) is 9.18. The Kier molecular flexibility index (Phi) is 13.7. The van der Waals surface area contributed by atoms with Crippen molar-refractivity contribution in [2.45, 2.75) is 72.4 Å². The molecule has 0 saturated carbocycles. The first-order valence-corrected chi connectivity index (χ1v) is 12.5. The van der Waals surface area contributed by atoms with E-state index in [1.54, 1.807) is 13.8 Å². The van der Waals surface area contributed by atoms with Gasteiger partial charge in [0.25, 0.3) is 0 Å². The van der Waals surface area contributed by atoms with E-state index in [0.29, 0.717) is 45.4 Å². The Hall–Kier alpha value is 0.300. The summed E-state index contributed by atoms with van der Waals surface area (Å²) in [7, 11) is -6.20. The maximum absolute atomic E-state index is 13.1. The minimum absolute atomic E-state index is 0.172. The Balaban J connectivity index is 4.88. The lowest BCUT2D eigenvalue weighted by molar-refractivity contribution is 0.206. The van der Waals surface area contributed by atoms with Crippen molar-refractivity contribution in [1.82, 2.24) is 0 Å². The first kappa shape index (κ1) is 24.3. The molecule has 0 unspecified atom stereocenters. The number of rotatable bonds is 16. The van der Waals surface area contributed by atoms with E-state index in [2.05, 4.69) is 6.92 Å². The van der Waals surface area contributed by atoms with Crippen molar-refractivity contribution in [2.75, 3.05) is 32.6 Å². The van der Waals surface area contributed by atoms with Crippen LogP contribution in [-0.4, -0.2) is 38.2 Å². The van der Waals surface area contributed by atoms with Crippen LogP contribution in [0.25, 0.3) is 0 Å². The molecule has 0 aromatic heterocycles. The predicted molar refractivity (Wildman–Crippen MR) is 99.1 cm³/mol. The van der Waals surface area contributed by atoms with Crippen LogP contribution in [0.2, 0.25) is 0 Å². The van der Waals surface area contributed by atoms with Crippen LogP contribution in [0.15, 0.2) is 0 Å². The molecule has 0 aromatic carbocycles. The fourth-order valence-corrected chi connectivity index (χ4v) is 6.49. The first-order chi connectivity index (χ1) is 11.4. The van der Waals surface area contributed by atoms with E-state index in [-0.39, 0.29) is 5.66 Å². The summed E-state index contributed by atoms with van der Waals surface area (Å²) in [5, 5.41) is 0. The highest BCUT2D eigenvalue weighted by Gasteiger charge is 2.35. The highest BCUT2D eigenvalue weighted by Crippen LogP contribution is 2.57. The maximum Gasteiger partial charge on any atom is 0.333 e. The normalized spacial score (nSPS) is 14.0. The molecular formula is C16H36O6P2. The fourth-order valence-electron chi connectivity index (χ4n) is 2.59. The molecule has 0 aromatic rings. The van der Waals surface area contributed by atoms with Gasteiger partial charge in [-0.1, -0.05) is 19.8 Å². The topological polar surface area (TPSA) is 71.1 Å². The number of hydrogen-bond acceptors (Lipinski definition) is 6. The van der Waals surface area contributed by atoms with E-state index < -0.39 is 15.2 Å². The molecule has 0 aliphatic heterocycles. The van der Waals surface area contributed by atoms with Crippen molar-refractivity contribution in [3.63, 3.8) is 0 Å². The van der Waals surface area contributed by atoms with E-state index in [1.165, 1.54) is 0 Å². The summed E-state index contributed by atoms with van der Waals surface area (Å²) in [4.78, 5) is 0. The van der Waals surface area contributed by atoms with E-state index in [4.69, 9.17) is 18.1 Å². The molecule has 0 aliphatic carbocycles. The summed E-state index contributed by atoms with van der Waals surface area (Å²) in [6.07, 6.45) is 4.32. The van der Waals surface area contributed by atoms with Gasteiger partial charge in [-0.2, -0.15) is 0 Å². The molecule has 1 atom stereocenters. The molecule has 0 amide bonds. The van der Waals surface area contributed by atoms with Gasteiger partial charge in [0.2, 0.25) is 0 Å². The molecule has 0 bridgehead atoms. The van der Waals surface area contributed by atoms with Gasteiger partial charge in [0.15, 0.2) is 0 Å². The molecule has 8 heteroatoms. The third-order valence-corrected chi connectivity index (χ3v) is 8.39. The Morgan fingerprint density at radius 3 is 1.58 bits per heavy atom. The summed E-state index contributed by atoms with van der Waals surface area (Å²) in [5.74, 6) is 0. The Bertz CT molecular complexity index is 382. The molecule has 0 fully saturated rings. The van der Waals surface area contributed by atoms with Gasteiger partial charge >= 0.3 is 15.2 Å². The molecule has 0 aliphatic rings. The van der Waals surface area contributed by atoms with Crippen molar-refractivity contribution < 1.29 is 27.2 Å². The molecule has 146 valence electrons. The monoisotopic (exact) mass is 386 g/mol. The predicted octanol–water partition coefficient (Wildman–Crippen LogP) is 5.86. The van der Waals surface area contributed by atoms with Crippen LogP contribution < -0.4 is 0 Å². The van der Waals surface area contributed by atoms with Crippen LogP contribution in [0, 0.1) is 0 Å². The van der Waals surface area contributed by atoms with Crippen LogP contribution in [-0.2, 0) is 27.2 Å². The summed E-state index contributed by atoms with van der Waals surface area (Å²) in [6.45, 7) is 10.8. The second-order valence-electron chi connectivity index (χ2n) is 5.48. The zero-order valence-corrected chi connectivity index (χ0v) is 17.8. The molecule has 0 radical (unpaired) electrons. The summed E-state index contributed by atoms with van der Waals surface area (Å²) in [5.41, 5.74) is -0.172. The average molecular weight is 386 g/mol. The van der Waals surface area contributed by atoms with Gasteiger partial charge < -0.3 is 18.1 Å². The highest BCUT2D eigenvalue weighted by atomic mass is 31.2. The third-order valence-electron chi connectivity index (χ3n) is 3.58. The lowest BCUT2D eigenvalue weighted by atomic mass is 10.1. The Labute approximate surface area is 148 Å². The molecule has 0 rings (SSSR count). The largest absolute Gasteiger partial charge is 0.333 e. The van der Waals surface area contributed by atoms with Crippen LogP contribution in [0.5, 0.6) is 0 Å². The van der Waals surface area contributed by atoms with Gasteiger partial charge in [-0.05, 0) is 47.0 Å². The average Bonchev–Trinajstić information content (AvgIpc) is 2.51. The lowest BCUT2D eigenvalue weighted by Crippen LogP contribution is -2.15. The van der Waals surface area contributed by atoms with Gasteiger partial charge in [0, 0.05) is 0 Å². The molecule has 0 heterocycles. The van der Waals surface area contributed by atoms with Gasteiger partial charge in [0.05, 0.1) is 38.2 Å². The SMILES string of the molecule is CCCC[C@H](CCCP(=O)(OCC)OCC)P(=O)(OCC)OCC. The molecule has 0 saturated heterocycles. The van der Waals surface area contributed by atoms with E-state index in [1.807, 2.05) is 13.8 Å². The molecular weight excluding hydrogens is 350 g/mol. The van der Waals surface area contributed by atoms with Crippen LogP contribution >= 0.6 is 15.2 Å². The van der Waals surface area contributed by atoms with Gasteiger partial charge in [0.1, 0.15) is 0 Å². The summed E-state index contributed by atoms with van der Waals surface area (Å²) < 4.78 is 47.2. The Morgan fingerprint density at radius 2 is 1.17 bits per heavy atom. The highest BCUT2D eigenvalue weighted by molar-refractivity contribution is 7.54. The lowest BCUT2D eigenvalue weighted by Gasteiger charge is -2.27. The zero-order chi connectivity index (χ0) is 18.5. The van der Waals surface area contributed by atoms with Gasteiger partial charge in [-0.15, -0.1) is 0 Å². The van der Waals surface area contributed by atoms with Crippen LogP contribution in [0.1, 0.15) is 66.7 Å². The second-order valence-corrected chi connectivity index (χ2v) is 10.00. The van der Waals surface area contributed by atoms with Crippen molar-refractivity contribution in [3.8, 4) is 0 Å². The summed E-state index contributed by atoms with van der Waals surface area (Å²) in [6, 6.07) is 0. The quantitative estimate of drug-likeness (QED) is 0.310. The smallest absolute Gasteiger partial charge is 0.309 e. The molecule has 6 nitrogen and oxygen atoms in total. The molecule has 0 spiro atoms. The standard InChI is InChI=1S/C16H36O6P2/c1-6-11-13-16(24(18,21-9-4)22-10-5)14-12-15-23(17,19-7-2)20-8-3/h16H,6-15H2,1-5H3/t16-/m1/s1. The van der Waals surface area contributed by atoms with Crippen LogP contribution in [0.3, 0.4) is 0 Å². The van der Waals surface area contributed by atoms with Crippen molar-refractivity contribution in [2.24, 2.45) is 0 Å². The molecule has 24 heavy (non-hydrogen) atoms. The van der Waals surface area contributed by atoms with Gasteiger partial charge in [-0.25, -0.2) is 0 Å². The van der Waals surface area contributed by atoms with E-state index in [9.17, 15) is 9.13 Å². The van der Waals surface area contributed by atoms with E-state index in [0.717, 1.165) is 19.3 Å². The van der Waals surface area contributed by atoms with Crippen molar-refractivity contribution in [1.29, 1.82) is 0 Å². The number of unbranched alkanes of at least 4 members (excludes halogenated alkanes) is 1. The maximum atomic E-state index is 13.1. The third kappa shape index (κ3) is 9.12. The van der Waals surface area contributed by atoms with Crippen LogP contribution in [0.4, 0.5) is 0 Å². The van der Waals surface area contributed by atoms with E-state index >= 15 is 0 Å². The van der Waals surface area contributed by atoms with Crippen molar-refractivity contribution >= 4 is 15.2 Å². The fraction of sp³-hybridized carbons (Fsp3) is 1.00. The zero-order valence-electron chi connectivity index (χ0n) is 16.0. The minimum atomic E-state index is -3.14. The second kappa shape index (κ2) is 13.5. The minimum Gasteiger partial charge on any atom is -0.309 e. The number of hydrogen-bond donors (Lipinski definition) is 0. The van der Waals surface area contributed by atoms with Gasteiger partial charge in [-0.3, -0.25) is 9.13 Å². The summed E-state index contributed by atoms with van der Waals surface area (Å²) >= 11 is 0. The Morgan fingerprint density at radius 1 is 0.708 bits per heavy atom.